The number of aromatic nitrogens is 2. The fourth-order valence-corrected chi connectivity index (χ4v) is 2.93. The molecule has 6 heteroatoms. The standard InChI is InChI=1S/C19H24N4O2/c1-23(12-9-16-7-2-3-10-20-16)18-15(6-4-11-21-18)14-22-19(24)17-8-5-13-25-17/h2-4,6-7,10-11,17H,5,8-9,12-14H2,1H3,(H,22,24)/t17-/m0/s1. The number of amides is 1. The van der Waals surface area contributed by atoms with Crippen molar-refractivity contribution in [2.45, 2.75) is 31.9 Å². The zero-order chi connectivity index (χ0) is 17.5. The number of hydrogen-bond acceptors (Lipinski definition) is 5. The molecular weight excluding hydrogens is 316 g/mol. The van der Waals surface area contributed by atoms with Gasteiger partial charge in [0, 0.05) is 56.8 Å². The van der Waals surface area contributed by atoms with Crippen LogP contribution in [0.1, 0.15) is 24.1 Å². The number of nitrogens with one attached hydrogen (secondary N) is 1. The Balaban J connectivity index is 1.58. The summed E-state index contributed by atoms with van der Waals surface area (Å²) < 4.78 is 5.42. The number of carbonyl (C=O) groups excluding carboxylic acids is 1. The van der Waals surface area contributed by atoms with Crippen molar-refractivity contribution in [2.24, 2.45) is 0 Å². The Morgan fingerprint density at radius 3 is 2.92 bits per heavy atom. The molecule has 3 rings (SSSR count). The van der Waals surface area contributed by atoms with E-state index in [4.69, 9.17) is 4.74 Å². The molecule has 1 saturated heterocycles. The molecule has 2 aromatic heterocycles. The summed E-state index contributed by atoms with van der Waals surface area (Å²) >= 11 is 0. The molecule has 3 heterocycles. The van der Waals surface area contributed by atoms with Crippen molar-refractivity contribution in [3.05, 3.63) is 54.0 Å². The van der Waals surface area contributed by atoms with E-state index >= 15 is 0 Å². The minimum absolute atomic E-state index is 0.0385. The second kappa shape index (κ2) is 8.58. The molecule has 132 valence electrons. The number of anilines is 1. The maximum absolute atomic E-state index is 12.1. The maximum atomic E-state index is 12.1. The molecule has 0 unspecified atom stereocenters. The fraction of sp³-hybridized carbons (Fsp3) is 0.421. The first-order valence-electron chi connectivity index (χ1n) is 8.68. The molecule has 0 saturated carbocycles. The summed E-state index contributed by atoms with van der Waals surface area (Å²) in [7, 11) is 2.01. The topological polar surface area (TPSA) is 67.4 Å². The molecule has 1 amide bonds. The van der Waals surface area contributed by atoms with Crippen LogP contribution in [0.25, 0.3) is 0 Å². The number of nitrogens with zero attached hydrogens (tertiary/aromatic N) is 3. The van der Waals surface area contributed by atoms with Gasteiger partial charge in [0.1, 0.15) is 11.9 Å². The van der Waals surface area contributed by atoms with Gasteiger partial charge in [-0.2, -0.15) is 0 Å². The highest BCUT2D eigenvalue weighted by Crippen LogP contribution is 2.17. The monoisotopic (exact) mass is 340 g/mol. The number of carbonyl (C=O) groups is 1. The third-order valence-electron chi connectivity index (χ3n) is 4.33. The van der Waals surface area contributed by atoms with Crippen molar-refractivity contribution in [1.29, 1.82) is 0 Å². The average molecular weight is 340 g/mol. The summed E-state index contributed by atoms with van der Waals surface area (Å²) in [4.78, 5) is 23.1. The molecule has 1 atom stereocenters. The predicted molar refractivity (Wildman–Crippen MR) is 96.3 cm³/mol. The Labute approximate surface area is 148 Å². The van der Waals surface area contributed by atoms with Gasteiger partial charge in [-0.05, 0) is 31.0 Å². The predicted octanol–water partition coefficient (Wildman–Crippen LogP) is 1.95. The van der Waals surface area contributed by atoms with Gasteiger partial charge in [0.2, 0.25) is 5.91 Å². The SMILES string of the molecule is CN(CCc1ccccn1)c1ncccc1CNC(=O)[C@@H]1CCCO1. The Bertz CT molecular complexity index is 687. The van der Waals surface area contributed by atoms with E-state index in [0.29, 0.717) is 13.2 Å². The zero-order valence-corrected chi connectivity index (χ0v) is 14.5. The van der Waals surface area contributed by atoms with Crippen LogP contribution >= 0.6 is 0 Å². The molecule has 2 aromatic rings. The van der Waals surface area contributed by atoms with E-state index in [-0.39, 0.29) is 12.0 Å². The highest BCUT2D eigenvalue weighted by Gasteiger charge is 2.23. The highest BCUT2D eigenvalue weighted by molar-refractivity contribution is 5.81. The van der Waals surface area contributed by atoms with E-state index in [1.165, 1.54) is 0 Å². The van der Waals surface area contributed by atoms with Crippen LogP contribution < -0.4 is 10.2 Å². The number of hydrogen-bond donors (Lipinski definition) is 1. The van der Waals surface area contributed by atoms with Crippen LogP contribution in [0.3, 0.4) is 0 Å². The van der Waals surface area contributed by atoms with Gasteiger partial charge >= 0.3 is 0 Å². The van der Waals surface area contributed by atoms with Crippen LogP contribution in [0.2, 0.25) is 0 Å². The summed E-state index contributed by atoms with van der Waals surface area (Å²) in [5, 5.41) is 2.97. The molecule has 0 spiro atoms. The first-order chi connectivity index (χ1) is 12.2. The van der Waals surface area contributed by atoms with Crippen molar-refractivity contribution in [2.75, 3.05) is 25.1 Å². The zero-order valence-electron chi connectivity index (χ0n) is 14.5. The lowest BCUT2D eigenvalue weighted by Crippen LogP contribution is -2.34. The summed E-state index contributed by atoms with van der Waals surface area (Å²) in [6, 6.07) is 9.82. The van der Waals surface area contributed by atoms with Gasteiger partial charge in [0.25, 0.3) is 0 Å². The minimum Gasteiger partial charge on any atom is -0.368 e. The number of likely N-dealkylation sites (N-methyl/N-ethyl adjacent to an activating group) is 1. The number of pyridine rings is 2. The second-order valence-electron chi connectivity index (χ2n) is 6.20. The highest BCUT2D eigenvalue weighted by atomic mass is 16.5. The third-order valence-corrected chi connectivity index (χ3v) is 4.33. The van der Waals surface area contributed by atoms with Gasteiger partial charge in [-0.3, -0.25) is 9.78 Å². The van der Waals surface area contributed by atoms with E-state index in [1.54, 1.807) is 6.20 Å². The van der Waals surface area contributed by atoms with E-state index in [9.17, 15) is 4.79 Å². The minimum atomic E-state index is -0.304. The molecule has 0 bridgehead atoms. The largest absolute Gasteiger partial charge is 0.368 e. The molecule has 1 aliphatic heterocycles. The molecule has 0 aromatic carbocycles. The van der Waals surface area contributed by atoms with Gasteiger partial charge in [-0.25, -0.2) is 4.98 Å². The van der Waals surface area contributed by atoms with E-state index < -0.39 is 0 Å². The smallest absolute Gasteiger partial charge is 0.249 e. The second-order valence-corrected chi connectivity index (χ2v) is 6.20. The van der Waals surface area contributed by atoms with Gasteiger partial charge in [0.05, 0.1) is 0 Å². The van der Waals surface area contributed by atoms with Crippen molar-refractivity contribution < 1.29 is 9.53 Å². The molecular formula is C19H24N4O2. The Morgan fingerprint density at radius 1 is 1.28 bits per heavy atom. The van der Waals surface area contributed by atoms with Crippen LogP contribution in [0.15, 0.2) is 42.7 Å². The number of rotatable bonds is 7. The van der Waals surface area contributed by atoms with Crippen LogP contribution in [-0.4, -0.2) is 42.2 Å². The summed E-state index contributed by atoms with van der Waals surface area (Å²) in [6.07, 6.45) is 5.87. The normalized spacial score (nSPS) is 16.6. The fourth-order valence-electron chi connectivity index (χ4n) is 2.93. The first kappa shape index (κ1) is 17.4. The Kier molecular flexibility index (Phi) is 5.95. The van der Waals surface area contributed by atoms with Crippen molar-refractivity contribution in [3.8, 4) is 0 Å². The number of ether oxygens (including phenoxy) is 1. The molecule has 0 radical (unpaired) electrons. The van der Waals surface area contributed by atoms with Crippen LogP contribution in [0.4, 0.5) is 5.82 Å². The molecule has 1 aliphatic rings. The molecule has 1 fully saturated rings. The van der Waals surface area contributed by atoms with Crippen molar-refractivity contribution in [3.63, 3.8) is 0 Å². The van der Waals surface area contributed by atoms with Crippen LogP contribution in [0.5, 0.6) is 0 Å². The lowest BCUT2D eigenvalue weighted by molar-refractivity contribution is -0.130. The summed E-state index contributed by atoms with van der Waals surface area (Å²) in [5.74, 6) is 0.842. The third kappa shape index (κ3) is 4.76. The molecule has 25 heavy (non-hydrogen) atoms. The van der Waals surface area contributed by atoms with Crippen molar-refractivity contribution in [1.82, 2.24) is 15.3 Å². The first-order valence-corrected chi connectivity index (χ1v) is 8.68. The van der Waals surface area contributed by atoms with Crippen LogP contribution in [0, 0.1) is 0 Å². The van der Waals surface area contributed by atoms with E-state index in [0.717, 1.165) is 42.9 Å². The van der Waals surface area contributed by atoms with Gasteiger partial charge < -0.3 is 15.0 Å². The lowest BCUT2D eigenvalue weighted by atomic mass is 10.2. The quantitative estimate of drug-likeness (QED) is 0.834. The summed E-state index contributed by atoms with van der Waals surface area (Å²) in [6.45, 7) is 1.93. The lowest BCUT2D eigenvalue weighted by Gasteiger charge is -2.21. The maximum Gasteiger partial charge on any atom is 0.249 e. The van der Waals surface area contributed by atoms with Crippen LogP contribution in [-0.2, 0) is 22.5 Å². The Hall–Kier alpha value is -2.47. The average Bonchev–Trinajstić information content (AvgIpc) is 3.20. The summed E-state index contributed by atoms with van der Waals surface area (Å²) in [5.41, 5.74) is 2.05. The van der Waals surface area contributed by atoms with Gasteiger partial charge in [-0.1, -0.05) is 12.1 Å². The Morgan fingerprint density at radius 2 is 2.16 bits per heavy atom. The van der Waals surface area contributed by atoms with E-state index in [1.807, 2.05) is 43.6 Å². The van der Waals surface area contributed by atoms with E-state index in [2.05, 4.69) is 20.2 Å². The molecule has 1 N–H and O–H groups in total. The molecule has 6 nitrogen and oxygen atoms in total. The van der Waals surface area contributed by atoms with Gasteiger partial charge in [-0.15, -0.1) is 0 Å². The molecule has 0 aliphatic carbocycles. The van der Waals surface area contributed by atoms with Crippen molar-refractivity contribution >= 4 is 11.7 Å². The van der Waals surface area contributed by atoms with Gasteiger partial charge in [0.15, 0.2) is 0 Å².